The van der Waals surface area contributed by atoms with Gasteiger partial charge in [0.25, 0.3) is 0 Å². The van der Waals surface area contributed by atoms with Gasteiger partial charge in [0.15, 0.2) is 12.2 Å². The van der Waals surface area contributed by atoms with Gasteiger partial charge in [0.2, 0.25) is 0 Å². The first-order valence-electron chi connectivity index (χ1n) is 8.97. The van der Waals surface area contributed by atoms with Gasteiger partial charge in [0.1, 0.15) is 0 Å². The molecule has 0 rings (SSSR count). The zero-order valence-corrected chi connectivity index (χ0v) is 16.0. The molecule has 0 N–H and O–H groups in total. The summed E-state index contributed by atoms with van der Waals surface area (Å²) in [4.78, 5) is 24.8. The van der Waals surface area contributed by atoms with Crippen molar-refractivity contribution in [2.45, 2.75) is 91.6 Å². The van der Waals surface area contributed by atoms with E-state index in [1.165, 1.54) is 0 Å². The van der Waals surface area contributed by atoms with Crippen molar-refractivity contribution in [3.8, 4) is 0 Å². The third-order valence-corrected chi connectivity index (χ3v) is 3.06. The van der Waals surface area contributed by atoms with Crippen LogP contribution in [0, 0.1) is 0 Å². The van der Waals surface area contributed by atoms with Crippen LogP contribution in [0.3, 0.4) is 0 Å². The number of esters is 2. The normalized spacial score (nSPS) is 13.8. The van der Waals surface area contributed by atoms with E-state index in [-0.39, 0.29) is 12.2 Å². The van der Waals surface area contributed by atoms with Gasteiger partial charge in [-0.25, -0.2) is 9.59 Å². The van der Waals surface area contributed by atoms with E-state index in [1.807, 2.05) is 13.8 Å². The molecule has 0 aliphatic rings. The molecule has 0 heterocycles. The second kappa shape index (κ2) is 13.2. The molecule has 0 saturated heterocycles. The van der Waals surface area contributed by atoms with E-state index in [1.54, 1.807) is 27.7 Å². The van der Waals surface area contributed by atoms with Gasteiger partial charge in [-0.1, -0.05) is 26.7 Å². The lowest BCUT2D eigenvalue weighted by Crippen LogP contribution is -2.47. The van der Waals surface area contributed by atoms with Gasteiger partial charge in [-0.2, -0.15) is 0 Å². The molecule has 0 aromatic heterocycles. The van der Waals surface area contributed by atoms with Gasteiger partial charge < -0.3 is 18.9 Å². The highest BCUT2D eigenvalue weighted by Crippen LogP contribution is 2.14. The van der Waals surface area contributed by atoms with E-state index >= 15 is 0 Å². The van der Waals surface area contributed by atoms with E-state index in [0.717, 1.165) is 25.7 Å². The van der Waals surface area contributed by atoms with Gasteiger partial charge in [0.05, 0.1) is 25.4 Å². The van der Waals surface area contributed by atoms with Gasteiger partial charge >= 0.3 is 11.9 Å². The standard InChI is InChI=1S/C18H34O6/c1-7-9-11-21-17(19)15(23-13(3)4)16(24-14(5)6)18(20)22-12-10-8-2/h13-16H,7-12H2,1-6H3. The molecule has 0 aliphatic carbocycles. The SMILES string of the molecule is CCCCOC(=O)C(OC(C)C)C(OC(C)C)C(=O)OCCCC. The predicted octanol–water partition coefficient (Wildman–Crippen LogP) is 3.26. The molecule has 0 amide bonds. The largest absolute Gasteiger partial charge is 0.464 e. The van der Waals surface area contributed by atoms with Gasteiger partial charge in [-0.05, 0) is 40.5 Å². The maximum atomic E-state index is 12.4. The predicted molar refractivity (Wildman–Crippen MR) is 91.8 cm³/mol. The van der Waals surface area contributed by atoms with E-state index in [0.29, 0.717) is 13.2 Å². The summed E-state index contributed by atoms with van der Waals surface area (Å²) >= 11 is 0. The maximum absolute atomic E-state index is 12.4. The summed E-state index contributed by atoms with van der Waals surface area (Å²) in [5.74, 6) is -1.18. The first-order valence-corrected chi connectivity index (χ1v) is 8.97. The molecular formula is C18H34O6. The molecule has 142 valence electrons. The number of unbranched alkanes of at least 4 members (excludes halogenated alkanes) is 2. The fourth-order valence-corrected chi connectivity index (χ4v) is 1.89. The van der Waals surface area contributed by atoms with E-state index in [2.05, 4.69) is 0 Å². The molecule has 0 saturated carbocycles. The molecule has 0 spiro atoms. The highest BCUT2D eigenvalue weighted by molar-refractivity contribution is 5.85. The average molecular weight is 346 g/mol. The molecule has 0 fully saturated rings. The first kappa shape index (κ1) is 22.9. The molecule has 24 heavy (non-hydrogen) atoms. The minimum absolute atomic E-state index is 0.254. The monoisotopic (exact) mass is 346 g/mol. The van der Waals surface area contributed by atoms with Gasteiger partial charge in [-0.3, -0.25) is 0 Å². The number of hydrogen-bond acceptors (Lipinski definition) is 6. The lowest BCUT2D eigenvalue weighted by Gasteiger charge is -2.27. The number of carbonyl (C=O) groups is 2. The molecule has 0 radical (unpaired) electrons. The van der Waals surface area contributed by atoms with E-state index in [9.17, 15) is 9.59 Å². The summed E-state index contributed by atoms with van der Waals surface area (Å²) < 4.78 is 21.7. The Kier molecular flexibility index (Phi) is 12.6. The van der Waals surface area contributed by atoms with Crippen molar-refractivity contribution in [1.29, 1.82) is 0 Å². The summed E-state index contributed by atoms with van der Waals surface area (Å²) in [5.41, 5.74) is 0. The van der Waals surface area contributed by atoms with Crippen molar-refractivity contribution < 1.29 is 28.5 Å². The Balaban J connectivity index is 5.09. The summed E-state index contributed by atoms with van der Waals surface area (Å²) in [7, 11) is 0. The maximum Gasteiger partial charge on any atom is 0.338 e. The third-order valence-electron chi connectivity index (χ3n) is 3.06. The van der Waals surface area contributed by atoms with Crippen molar-refractivity contribution in [2.75, 3.05) is 13.2 Å². The number of hydrogen-bond donors (Lipinski definition) is 0. The van der Waals surface area contributed by atoms with Crippen molar-refractivity contribution >= 4 is 11.9 Å². The van der Waals surface area contributed by atoms with Crippen LogP contribution in [0.1, 0.15) is 67.2 Å². The van der Waals surface area contributed by atoms with Crippen LogP contribution in [0.4, 0.5) is 0 Å². The zero-order valence-electron chi connectivity index (χ0n) is 16.0. The van der Waals surface area contributed by atoms with Crippen LogP contribution >= 0.6 is 0 Å². The number of rotatable bonds is 13. The smallest absolute Gasteiger partial charge is 0.338 e. The van der Waals surface area contributed by atoms with E-state index in [4.69, 9.17) is 18.9 Å². The fourth-order valence-electron chi connectivity index (χ4n) is 1.89. The third kappa shape index (κ3) is 9.88. The summed E-state index contributed by atoms with van der Waals surface area (Å²) in [6.07, 6.45) is 0.581. The number of ether oxygens (including phenoxy) is 4. The molecule has 2 unspecified atom stereocenters. The summed E-state index contributed by atoms with van der Waals surface area (Å²) in [6, 6.07) is 0. The Morgan fingerprint density at radius 2 is 1.04 bits per heavy atom. The van der Waals surface area contributed by atoms with Crippen molar-refractivity contribution in [2.24, 2.45) is 0 Å². The summed E-state index contributed by atoms with van der Waals surface area (Å²) in [6.45, 7) is 11.8. The minimum atomic E-state index is -1.13. The minimum Gasteiger partial charge on any atom is -0.464 e. The van der Waals surface area contributed by atoms with Crippen LogP contribution in [0.2, 0.25) is 0 Å². The average Bonchev–Trinajstić information content (AvgIpc) is 2.50. The van der Waals surface area contributed by atoms with Crippen LogP contribution in [0.25, 0.3) is 0 Å². The Morgan fingerprint density at radius 3 is 1.29 bits per heavy atom. The van der Waals surface area contributed by atoms with Crippen LogP contribution in [-0.2, 0) is 28.5 Å². The van der Waals surface area contributed by atoms with Crippen LogP contribution in [-0.4, -0.2) is 49.6 Å². The number of carbonyl (C=O) groups excluding carboxylic acids is 2. The molecule has 0 aliphatic heterocycles. The second-order valence-corrected chi connectivity index (χ2v) is 6.25. The molecule has 0 aromatic rings. The Labute approximate surface area is 146 Å². The molecular weight excluding hydrogens is 312 g/mol. The molecule has 2 atom stereocenters. The van der Waals surface area contributed by atoms with Crippen molar-refractivity contribution in [3.63, 3.8) is 0 Å². The van der Waals surface area contributed by atoms with Gasteiger partial charge in [-0.15, -0.1) is 0 Å². The Hall–Kier alpha value is -1.14. The fraction of sp³-hybridized carbons (Fsp3) is 0.889. The van der Waals surface area contributed by atoms with Crippen LogP contribution in [0.5, 0.6) is 0 Å². The van der Waals surface area contributed by atoms with Crippen LogP contribution < -0.4 is 0 Å². The highest BCUT2D eigenvalue weighted by atomic mass is 16.6. The molecule has 0 bridgehead atoms. The molecule has 6 heteroatoms. The topological polar surface area (TPSA) is 71.1 Å². The second-order valence-electron chi connectivity index (χ2n) is 6.25. The lowest BCUT2D eigenvalue weighted by molar-refractivity contribution is -0.191. The molecule has 0 aromatic carbocycles. The van der Waals surface area contributed by atoms with Crippen molar-refractivity contribution in [1.82, 2.24) is 0 Å². The lowest BCUT2D eigenvalue weighted by atomic mass is 10.2. The first-order chi connectivity index (χ1) is 11.3. The van der Waals surface area contributed by atoms with Gasteiger partial charge in [0, 0.05) is 0 Å². The zero-order chi connectivity index (χ0) is 18.5. The van der Waals surface area contributed by atoms with Crippen LogP contribution in [0.15, 0.2) is 0 Å². The Bertz CT molecular complexity index is 319. The highest BCUT2D eigenvalue weighted by Gasteiger charge is 2.39. The van der Waals surface area contributed by atoms with Crippen molar-refractivity contribution in [3.05, 3.63) is 0 Å². The Morgan fingerprint density at radius 1 is 0.708 bits per heavy atom. The molecule has 6 nitrogen and oxygen atoms in total. The van der Waals surface area contributed by atoms with E-state index < -0.39 is 24.1 Å². The quantitative estimate of drug-likeness (QED) is 0.376. The summed E-state index contributed by atoms with van der Waals surface area (Å²) in [5, 5.41) is 0.